The van der Waals surface area contributed by atoms with Gasteiger partial charge < -0.3 is 5.11 Å². The maximum atomic E-state index is 9.66. The number of benzene rings is 1. The molecule has 1 heterocycles. The first kappa shape index (κ1) is 8.95. The van der Waals surface area contributed by atoms with E-state index in [-0.39, 0.29) is 0 Å². The van der Waals surface area contributed by atoms with Crippen molar-refractivity contribution in [2.24, 2.45) is 0 Å². The molecule has 13 heavy (non-hydrogen) atoms. The molecule has 1 aliphatic rings. The molecular formula is C11H14OS. The van der Waals surface area contributed by atoms with E-state index in [1.165, 1.54) is 24.3 Å². The van der Waals surface area contributed by atoms with Crippen molar-refractivity contribution in [2.45, 2.75) is 18.8 Å². The molecule has 0 saturated carbocycles. The summed E-state index contributed by atoms with van der Waals surface area (Å²) in [6.45, 7) is 0. The summed E-state index contributed by atoms with van der Waals surface area (Å²) in [5, 5.41) is 9.66. The molecule has 70 valence electrons. The number of thioether (sulfide) groups is 1. The summed E-state index contributed by atoms with van der Waals surface area (Å²) in [6.07, 6.45) is 2.42. The molecule has 1 N–H and O–H groups in total. The SMILES string of the molecule is Oc1ccccc1C1CCSCC1. The largest absolute Gasteiger partial charge is 0.508 e. The summed E-state index contributed by atoms with van der Waals surface area (Å²) in [7, 11) is 0. The molecule has 1 aromatic carbocycles. The van der Waals surface area contributed by atoms with Crippen LogP contribution in [0.25, 0.3) is 0 Å². The quantitative estimate of drug-likeness (QED) is 0.741. The van der Waals surface area contributed by atoms with Crippen molar-refractivity contribution in [3.8, 4) is 5.75 Å². The molecule has 0 atom stereocenters. The van der Waals surface area contributed by atoms with Crippen molar-refractivity contribution in [3.63, 3.8) is 0 Å². The topological polar surface area (TPSA) is 20.2 Å². The fourth-order valence-electron chi connectivity index (χ4n) is 1.84. The van der Waals surface area contributed by atoms with E-state index in [2.05, 4.69) is 6.07 Å². The first-order chi connectivity index (χ1) is 6.38. The third-order valence-corrected chi connectivity index (χ3v) is 3.65. The lowest BCUT2D eigenvalue weighted by atomic mass is 9.93. The van der Waals surface area contributed by atoms with Gasteiger partial charge in [0.2, 0.25) is 0 Å². The maximum Gasteiger partial charge on any atom is 0.119 e. The predicted molar refractivity (Wildman–Crippen MR) is 57.4 cm³/mol. The van der Waals surface area contributed by atoms with Gasteiger partial charge in [0.15, 0.2) is 0 Å². The van der Waals surface area contributed by atoms with E-state index in [1.54, 1.807) is 6.07 Å². The molecule has 2 heteroatoms. The van der Waals surface area contributed by atoms with Crippen molar-refractivity contribution < 1.29 is 5.11 Å². The first-order valence-corrected chi connectivity index (χ1v) is 5.89. The Labute approximate surface area is 83.2 Å². The van der Waals surface area contributed by atoms with Crippen LogP contribution in [0.2, 0.25) is 0 Å². The molecule has 0 amide bonds. The number of rotatable bonds is 1. The van der Waals surface area contributed by atoms with Crippen LogP contribution in [-0.4, -0.2) is 16.6 Å². The van der Waals surface area contributed by atoms with Crippen LogP contribution in [0.5, 0.6) is 5.75 Å². The van der Waals surface area contributed by atoms with E-state index in [1.807, 2.05) is 23.9 Å². The summed E-state index contributed by atoms with van der Waals surface area (Å²) >= 11 is 2.02. The first-order valence-electron chi connectivity index (χ1n) is 4.73. The van der Waals surface area contributed by atoms with Crippen LogP contribution in [0.3, 0.4) is 0 Å². The van der Waals surface area contributed by atoms with E-state index in [0.717, 1.165) is 5.56 Å². The van der Waals surface area contributed by atoms with Crippen LogP contribution >= 0.6 is 11.8 Å². The van der Waals surface area contributed by atoms with Gasteiger partial charge in [-0.2, -0.15) is 11.8 Å². The Hall–Kier alpha value is -0.630. The fraction of sp³-hybridized carbons (Fsp3) is 0.455. The number of phenolic OH excluding ortho intramolecular Hbond substituents is 1. The molecule has 0 spiro atoms. The highest BCUT2D eigenvalue weighted by molar-refractivity contribution is 7.99. The van der Waals surface area contributed by atoms with Gasteiger partial charge in [-0.1, -0.05) is 18.2 Å². The third-order valence-electron chi connectivity index (χ3n) is 2.60. The van der Waals surface area contributed by atoms with Gasteiger partial charge in [0.1, 0.15) is 5.75 Å². The number of hydrogen-bond donors (Lipinski definition) is 1. The second-order valence-corrected chi connectivity index (χ2v) is 4.67. The summed E-state index contributed by atoms with van der Waals surface area (Å²) < 4.78 is 0. The van der Waals surface area contributed by atoms with E-state index in [9.17, 15) is 5.11 Å². The lowest BCUT2D eigenvalue weighted by molar-refractivity contribution is 0.457. The molecule has 1 aliphatic heterocycles. The molecule has 1 saturated heterocycles. The molecule has 1 nitrogen and oxygen atoms in total. The molecule has 0 unspecified atom stereocenters. The van der Waals surface area contributed by atoms with Crippen LogP contribution in [0.4, 0.5) is 0 Å². The number of para-hydroxylation sites is 1. The number of phenols is 1. The number of hydrogen-bond acceptors (Lipinski definition) is 2. The van der Waals surface area contributed by atoms with Crippen LogP contribution in [-0.2, 0) is 0 Å². The highest BCUT2D eigenvalue weighted by atomic mass is 32.2. The summed E-state index contributed by atoms with van der Waals surface area (Å²) in [4.78, 5) is 0. The molecule has 1 aromatic rings. The zero-order valence-corrected chi connectivity index (χ0v) is 8.39. The molecule has 0 aromatic heterocycles. The van der Waals surface area contributed by atoms with Gasteiger partial charge in [-0.25, -0.2) is 0 Å². The van der Waals surface area contributed by atoms with Crippen molar-refractivity contribution in [2.75, 3.05) is 11.5 Å². The Bertz CT molecular complexity index is 279. The minimum absolute atomic E-state index is 0.472. The number of aromatic hydroxyl groups is 1. The average Bonchev–Trinajstić information content (AvgIpc) is 2.20. The van der Waals surface area contributed by atoms with E-state index >= 15 is 0 Å². The van der Waals surface area contributed by atoms with E-state index in [4.69, 9.17) is 0 Å². The predicted octanol–water partition coefficient (Wildman–Crippen LogP) is 3.00. The second-order valence-electron chi connectivity index (χ2n) is 3.45. The van der Waals surface area contributed by atoms with Crippen molar-refractivity contribution in [3.05, 3.63) is 29.8 Å². The molecule has 2 rings (SSSR count). The minimum Gasteiger partial charge on any atom is -0.508 e. The van der Waals surface area contributed by atoms with E-state index < -0.39 is 0 Å². The molecule has 0 bridgehead atoms. The highest BCUT2D eigenvalue weighted by Gasteiger charge is 2.17. The Morgan fingerprint density at radius 3 is 2.54 bits per heavy atom. The second kappa shape index (κ2) is 4.05. The summed E-state index contributed by atoms with van der Waals surface area (Å²) in [6, 6.07) is 7.74. The van der Waals surface area contributed by atoms with Gasteiger partial charge in [-0.15, -0.1) is 0 Å². The van der Waals surface area contributed by atoms with Crippen LogP contribution < -0.4 is 0 Å². The van der Waals surface area contributed by atoms with Crippen molar-refractivity contribution in [1.82, 2.24) is 0 Å². The zero-order valence-electron chi connectivity index (χ0n) is 7.57. The Morgan fingerprint density at radius 1 is 1.15 bits per heavy atom. The van der Waals surface area contributed by atoms with Gasteiger partial charge in [0.05, 0.1) is 0 Å². The molecule has 0 radical (unpaired) electrons. The van der Waals surface area contributed by atoms with Gasteiger partial charge in [0.25, 0.3) is 0 Å². The van der Waals surface area contributed by atoms with Crippen LogP contribution in [0.1, 0.15) is 24.3 Å². The Balaban J connectivity index is 2.18. The van der Waals surface area contributed by atoms with Crippen LogP contribution in [0.15, 0.2) is 24.3 Å². The monoisotopic (exact) mass is 194 g/mol. The Kier molecular flexibility index (Phi) is 2.79. The lowest BCUT2D eigenvalue weighted by Crippen LogP contribution is -2.07. The van der Waals surface area contributed by atoms with Crippen molar-refractivity contribution in [1.29, 1.82) is 0 Å². The smallest absolute Gasteiger partial charge is 0.119 e. The zero-order chi connectivity index (χ0) is 9.10. The minimum atomic E-state index is 0.472. The fourth-order valence-corrected chi connectivity index (χ4v) is 2.95. The van der Waals surface area contributed by atoms with Crippen LogP contribution in [0, 0.1) is 0 Å². The molecular weight excluding hydrogens is 180 g/mol. The average molecular weight is 194 g/mol. The Morgan fingerprint density at radius 2 is 1.85 bits per heavy atom. The third kappa shape index (κ3) is 1.99. The lowest BCUT2D eigenvalue weighted by Gasteiger charge is -2.22. The highest BCUT2D eigenvalue weighted by Crippen LogP contribution is 2.35. The summed E-state index contributed by atoms with van der Waals surface area (Å²) in [5.74, 6) is 3.53. The molecule has 0 aliphatic carbocycles. The van der Waals surface area contributed by atoms with E-state index in [0.29, 0.717) is 11.7 Å². The van der Waals surface area contributed by atoms with Gasteiger partial charge in [-0.3, -0.25) is 0 Å². The molecule has 1 fully saturated rings. The van der Waals surface area contributed by atoms with Gasteiger partial charge in [0, 0.05) is 0 Å². The standard InChI is InChI=1S/C11H14OS/c12-11-4-2-1-3-10(11)9-5-7-13-8-6-9/h1-4,9,12H,5-8H2. The maximum absolute atomic E-state index is 9.66. The van der Waals surface area contributed by atoms with Crippen molar-refractivity contribution >= 4 is 11.8 Å². The van der Waals surface area contributed by atoms with Gasteiger partial charge >= 0.3 is 0 Å². The normalized spacial score (nSPS) is 18.8. The summed E-state index contributed by atoms with van der Waals surface area (Å²) in [5.41, 5.74) is 1.14. The van der Waals surface area contributed by atoms with Gasteiger partial charge in [-0.05, 0) is 41.9 Å².